The predicted octanol–water partition coefficient (Wildman–Crippen LogP) is 3.91. The molecule has 0 amide bonds. The number of rotatable bonds is 7. The monoisotopic (exact) mass is 299 g/mol. The van der Waals surface area contributed by atoms with Crippen molar-refractivity contribution >= 4 is 15.9 Å². The topological polar surface area (TPSA) is 21.3 Å². The zero-order valence-electron chi connectivity index (χ0n) is 10.9. The number of hydrogen-bond acceptors (Lipinski definition) is 2. The predicted molar refractivity (Wildman–Crippen MR) is 76.7 cm³/mol. The van der Waals surface area contributed by atoms with E-state index in [2.05, 4.69) is 48.1 Å². The van der Waals surface area contributed by atoms with Crippen LogP contribution < -0.4 is 10.1 Å². The Morgan fingerprint density at radius 2 is 2.12 bits per heavy atom. The SMILES string of the molecule is CCCC(CNCC)Oc1cc(Br)ccc1C. The van der Waals surface area contributed by atoms with Crippen molar-refractivity contribution in [2.24, 2.45) is 0 Å². The Morgan fingerprint density at radius 1 is 1.35 bits per heavy atom. The van der Waals surface area contributed by atoms with Gasteiger partial charge in [-0.25, -0.2) is 0 Å². The number of benzene rings is 1. The molecule has 0 radical (unpaired) electrons. The molecule has 0 bridgehead atoms. The molecule has 17 heavy (non-hydrogen) atoms. The van der Waals surface area contributed by atoms with E-state index in [4.69, 9.17) is 4.74 Å². The quantitative estimate of drug-likeness (QED) is 0.824. The van der Waals surface area contributed by atoms with Crippen LogP contribution in [0.4, 0.5) is 0 Å². The first kappa shape index (κ1) is 14.5. The molecule has 0 fully saturated rings. The van der Waals surface area contributed by atoms with Crippen molar-refractivity contribution < 1.29 is 4.74 Å². The lowest BCUT2D eigenvalue weighted by Gasteiger charge is -2.20. The second-order valence-corrected chi connectivity index (χ2v) is 5.16. The number of ether oxygens (including phenoxy) is 1. The molecular formula is C14H22BrNO. The molecule has 0 spiro atoms. The molecule has 2 nitrogen and oxygen atoms in total. The lowest BCUT2D eigenvalue weighted by atomic mass is 10.2. The van der Waals surface area contributed by atoms with E-state index in [-0.39, 0.29) is 6.10 Å². The van der Waals surface area contributed by atoms with Crippen molar-refractivity contribution in [3.63, 3.8) is 0 Å². The molecule has 0 aromatic heterocycles. The van der Waals surface area contributed by atoms with Crippen molar-refractivity contribution in [1.82, 2.24) is 5.32 Å². The maximum Gasteiger partial charge on any atom is 0.123 e. The lowest BCUT2D eigenvalue weighted by Crippen LogP contribution is -2.31. The largest absolute Gasteiger partial charge is 0.489 e. The highest BCUT2D eigenvalue weighted by atomic mass is 79.9. The second kappa shape index (κ2) is 7.72. The molecule has 1 rings (SSSR count). The summed E-state index contributed by atoms with van der Waals surface area (Å²) in [5, 5.41) is 3.35. The summed E-state index contributed by atoms with van der Waals surface area (Å²) in [6.07, 6.45) is 2.48. The smallest absolute Gasteiger partial charge is 0.123 e. The number of hydrogen-bond donors (Lipinski definition) is 1. The summed E-state index contributed by atoms with van der Waals surface area (Å²) in [5.74, 6) is 0.982. The van der Waals surface area contributed by atoms with Crippen molar-refractivity contribution in [3.8, 4) is 5.75 Å². The minimum Gasteiger partial charge on any atom is -0.489 e. The molecule has 0 saturated heterocycles. The summed E-state index contributed by atoms with van der Waals surface area (Å²) in [6.45, 7) is 8.29. The van der Waals surface area contributed by atoms with Crippen LogP contribution in [-0.4, -0.2) is 19.2 Å². The van der Waals surface area contributed by atoms with Gasteiger partial charge in [0.15, 0.2) is 0 Å². The first-order valence-corrected chi connectivity index (χ1v) is 7.10. The average molecular weight is 300 g/mol. The van der Waals surface area contributed by atoms with Crippen molar-refractivity contribution in [2.45, 2.75) is 39.7 Å². The van der Waals surface area contributed by atoms with Crippen LogP contribution >= 0.6 is 15.9 Å². The van der Waals surface area contributed by atoms with E-state index in [1.807, 2.05) is 12.1 Å². The van der Waals surface area contributed by atoms with Crippen LogP contribution in [0, 0.1) is 6.92 Å². The second-order valence-electron chi connectivity index (χ2n) is 4.25. The van der Waals surface area contributed by atoms with Crippen LogP contribution in [0.5, 0.6) is 5.75 Å². The van der Waals surface area contributed by atoms with Crippen molar-refractivity contribution in [2.75, 3.05) is 13.1 Å². The number of halogens is 1. The van der Waals surface area contributed by atoms with Crippen LogP contribution in [0.2, 0.25) is 0 Å². The highest BCUT2D eigenvalue weighted by molar-refractivity contribution is 9.10. The summed E-state index contributed by atoms with van der Waals surface area (Å²) in [7, 11) is 0. The molecule has 1 unspecified atom stereocenters. The normalized spacial score (nSPS) is 12.5. The first-order valence-electron chi connectivity index (χ1n) is 6.30. The third-order valence-electron chi connectivity index (χ3n) is 2.68. The highest BCUT2D eigenvalue weighted by Crippen LogP contribution is 2.24. The third-order valence-corrected chi connectivity index (χ3v) is 3.17. The van der Waals surface area contributed by atoms with Crippen molar-refractivity contribution in [1.29, 1.82) is 0 Å². The van der Waals surface area contributed by atoms with Gasteiger partial charge in [0.05, 0.1) is 0 Å². The number of likely N-dealkylation sites (N-methyl/N-ethyl adjacent to an activating group) is 1. The van der Waals surface area contributed by atoms with Gasteiger partial charge in [-0.1, -0.05) is 42.3 Å². The molecule has 0 aliphatic carbocycles. The fraction of sp³-hybridized carbons (Fsp3) is 0.571. The molecule has 1 N–H and O–H groups in total. The van der Waals surface area contributed by atoms with Crippen molar-refractivity contribution in [3.05, 3.63) is 28.2 Å². The van der Waals surface area contributed by atoms with Gasteiger partial charge in [0.1, 0.15) is 11.9 Å². The Balaban J connectivity index is 2.67. The van der Waals surface area contributed by atoms with Gasteiger partial charge < -0.3 is 10.1 Å². The molecule has 1 aromatic rings. The van der Waals surface area contributed by atoms with E-state index in [1.165, 1.54) is 5.56 Å². The summed E-state index contributed by atoms with van der Waals surface area (Å²) in [5.41, 5.74) is 1.19. The summed E-state index contributed by atoms with van der Waals surface area (Å²) >= 11 is 3.48. The zero-order chi connectivity index (χ0) is 12.7. The van der Waals surface area contributed by atoms with Gasteiger partial charge in [0.2, 0.25) is 0 Å². The Hall–Kier alpha value is -0.540. The summed E-state index contributed by atoms with van der Waals surface area (Å²) < 4.78 is 7.14. The molecule has 1 aromatic carbocycles. The third kappa shape index (κ3) is 5.09. The zero-order valence-corrected chi connectivity index (χ0v) is 12.5. The summed E-state index contributed by atoms with van der Waals surface area (Å²) in [4.78, 5) is 0. The van der Waals surface area contributed by atoms with E-state index < -0.39 is 0 Å². The molecule has 1 atom stereocenters. The highest BCUT2D eigenvalue weighted by Gasteiger charge is 2.10. The van der Waals surface area contributed by atoms with Gasteiger partial charge in [0.25, 0.3) is 0 Å². The van der Waals surface area contributed by atoms with Gasteiger partial charge in [-0.15, -0.1) is 0 Å². The molecule has 0 heterocycles. The maximum absolute atomic E-state index is 6.08. The van der Waals surface area contributed by atoms with Crippen LogP contribution in [0.3, 0.4) is 0 Å². The molecular weight excluding hydrogens is 278 g/mol. The standard InChI is InChI=1S/C14H22BrNO/c1-4-6-13(10-16-5-2)17-14-9-12(15)8-7-11(14)3/h7-9,13,16H,4-6,10H2,1-3H3. The van der Waals surface area contributed by atoms with E-state index in [0.717, 1.165) is 36.2 Å². The molecule has 96 valence electrons. The molecule has 3 heteroatoms. The van der Waals surface area contributed by atoms with Crippen LogP contribution in [0.1, 0.15) is 32.3 Å². The minimum absolute atomic E-state index is 0.257. The Bertz CT molecular complexity index is 341. The Labute approximate surface area is 113 Å². The fourth-order valence-electron chi connectivity index (χ4n) is 1.71. The minimum atomic E-state index is 0.257. The average Bonchev–Trinajstić information content (AvgIpc) is 2.31. The van der Waals surface area contributed by atoms with Gasteiger partial charge in [-0.3, -0.25) is 0 Å². The first-order chi connectivity index (χ1) is 8.17. The van der Waals surface area contributed by atoms with E-state index in [9.17, 15) is 0 Å². The van der Waals surface area contributed by atoms with Gasteiger partial charge in [-0.2, -0.15) is 0 Å². The molecule has 0 saturated carbocycles. The van der Waals surface area contributed by atoms with Gasteiger partial charge in [-0.05, 0) is 37.6 Å². The fourth-order valence-corrected chi connectivity index (χ4v) is 2.05. The number of aryl methyl sites for hydroxylation is 1. The van der Waals surface area contributed by atoms with Crippen LogP contribution in [0.25, 0.3) is 0 Å². The number of nitrogens with one attached hydrogen (secondary N) is 1. The molecule has 0 aliphatic rings. The van der Waals surface area contributed by atoms with Crippen LogP contribution in [0.15, 0.2) is 22.7 Å². The van der Waals surface area contributed by atoms with E-state index >= 15 is 0 Å². The Morgan fingerprint density at radius 3 is 2.76 bits per heavy atom. The maximum atomic E-state index is 6.08. The molecule has 0 aliphatic heterocycles. The Kier molecular flexibility index (Phi) is 6.60. The van der Waals surface area contributed by atoms with Gasteiger partial charge in [0, 0.05) is 11.0 Å². The van der Waals surface area contributed by atoms with Gasteiger partial charge >= 0.3 is 0 Å². The lowest BCUT2D eigenvalue weighted by molar-refractivity contribution is 0.186. The van der Waals surface area contributed by atoms with Crippen LogP contribution in [-0.2, 0) is 0 Å². The van der Waals surface area contributed by atoms with E-state index in [0.29, 0.717) is 0 Å². The summed E-state index contributed by atoms with van der Waals surface area (Å²) in [6, 6.07) is 6.17. The van der Waals surface area contributed by atoms with E-state index in [1.54, 1.807) is 0 Å².